The third-order valence-electron chi connectivity index (χ3n) is 2.37. The van der Waals surface area contributed by atoms with Gasteiger partial charge in [0.25, 0.3) is 0 Å². The van der Waals surface area contributed by atoms with Crippen LogP contribution in [0.1, 0.15) is 21.0 Å². The molecule has 1 aromatic heterocycles. The zero-order valence-corrected chi connectivity index (χ0v) is 9.77. The number of carboxylic acids is 2. The normalized spacial score (nSPS) is 10.2. The highest BCUT2D eigenvalue weighted by atomic mass is 16.5. The van der Waals surface area contributed by atoms with Crippen molar-refractivity contribution in [2.24, 2.45) is 0 Å². The zero-order chi connectivity index (χ0) is 14.0. The largest absolute Gasteiger partial charge is 0.497 e. The minimum absolute atomic E-state index is 0.344. The van der Waals surface area contributed by atoms with Gasteiger partial charge < -0.3 is 14.9 Å². The second-order valence-electron chi connectivity index (χ2n) is 3.51. The Kier molecular flexibility index (Phi) is 3.15. The standard InChI is InChI=1S/C11H9N3O5/c1-19-7-4-2-3-6(5-7)14-9(11(17)18)8(10(15)16)12-13-14/h2-5H,1H3,(H,15,16)(H,17,18). The molecule has 0 saturated heterocycles. The summed E-state index contributed by atoms with van der Waals surface area (Å²) in [6.45, 7) is 0. The molecule has 0 aliphatic rings. The third kappa shape index (κ3) is 2.23. The van der Waals surface area contributed by atoms with Gasteiger partial charge in [-0.3, -0.25) is 0 Å². The Morgan fingerprint density at radius 1 is 1.26 bits per heavy atom. The van der Waals surface area contributed by atoms with Crippen LogP contribution in [0.5, 0.6) is 5.75 Å². The number of nitrogens with zero attached hydrogens (tertiary/aromatic N) is 3. The summed E-state index contributed by atoms with van der Waals surface area (Å²) in [4.78, 5) is 22.0. The quantitative estimate of drug-likeness (QED) is 0.833. The lowest BCUT2D eigenvalue weighted by Crippen LogP contribution is -2.12. The molecule has 2 rings (SSSR count). The molecule has 98 valence electrons. The fourth-order valence-corrected chi connectivity index (χ4v) is 1.54. The molecule has 0 atom stereocenters. The molecular weight excluding hydrogens is 254 g/mol. The minimum atomic E-state index is -1.45. The Labute approximate surface area is 106 Å². The van der Waals surface area contributed by atoms with E-state index in [4.69, 9.17) is 14.9 Å². The molecule has 2 N–H and O–H groups in total. The second kappa shape index (κ2) is 4.77. The summed E-state index contributed by atoms with van der Waals surface area (Å²) in [7, 11) is 1.46. The summed E-state index contributed by atoms with van der Waals surface area (Å²) < 4.78 is 5.94. The number of hydrogen-bond acceptors (Lipinski definition) is 5. The van der Waals surface area contributed by atoms with Crippen molar-refractivity contribution in [3.8, 4) is 11.4 Å². The maximum atomic E-state index is 11.1. The number of rotatable bonds is 4. The van der Waals surface area contributed by atoms with E-state index in [-0.39, 0.29) is 0 Å². The molecular formula is C11H9N3O5. The topological polar surface area (TPSA) is 115 Å². The van der Waals surface area contributed by atoms with Crippen molar-refractivity contribution in [3.05, 3.63) is 35.7 Å². The van der Waals surface area contributed by atoms with Crippen LogP contribution in [0.15, 0.2) is 24.3 Å². The van der Waals surface area contributed by atoms with Crippen molar-refractivity contribution >= 4 is 11.9 Å². The highest BCUT2D eigenvalue weighted by Gasteiger charge is 2.25. The lowest BCUT2D eigenvalue weighted by Gasteiger charge is -2.05. The average molecular weight is 263 g/mol. The van der Waals surface area contributed by atoms with Gasteiger partial charge in [0.15, 0.2) is 5.69 Å². The van der Waals surface area contributed by atoms with Gasteiger partial charge in [-0.15, -0.1) is 5.10 Å². The van der Waals surface area contributed by atoms with Crippen LogP contribution in [-0.4, -0.2) is 44.3 Å². The smallest absolute Gasteiger partial charge is 0.359 e. The van der Waals surface area contributed by atoms with Gasteiger partial charge in [-0.25, -0.2) is 14.3 Å². The Hall–Kier alpha value is -2.90. The molecule has 0 aliphatic carbocycles. The first kappa shape index (κ1) is 12.6. The van der Waals surface area contributed by atoms with Crippen LogP contribution >= 0.6 is 0 Å². The zero-order valence-electron chi connectivity index (χ0n) is 9.77. The maximum absolute atomic E-state index is 11.1. The van der Waals surface area contributed by atoms with Gasteiger partial charge >= 0.3 is 11.9 Å². The van der Waals surface area contributed by atoms with Crippen molar-refractivity contribution < 1.29 is 24.5 Å². The van der Waals surface area contributed by atoms with E-state index in [1.807, 2.05) is 0 Å². The number of methoxy groups -OCH3 is 1. The van der Waals surface area contributed by atoms with Crippen LogP contribution in [0.25, 0.3) is 5.69 Å². The SMILES string of the molecule is COc1cccc(-n2nnc(C(=O)O)c2C(=O)O)c1. The molecule has 0 fully saturated rings. The first-order chi connectivity index (χ1) is 9.04. The van der Waals surface area contributed by atoms with Crippen LogP contribution in [0.3, 0.4) is 0 Å². The molecule has 0 aliphatic heterocycles. The van der Waals surface area contributed by atoms with Crippen molar-refractivity contribution in [2.45, 2.75) is 0 Å². The van der Waals surface area contributed by atoms with Crippen molar-refractivity contribution in [3.63, 3.8) is 0 Å². The molecule has 19 heavy (non-hydrogen) atoms. The number of aromatic nitrogens is 3. The number of carboxylic acid groups (broad SMARTS) is 2. The predicted octanol–water partition coefficient (Wildman–Crippen LogP) is 0.672. The van der Waals surface area contributed by atoms with Crippen molar-refractivity contribution in [2.75, 3.05) is 7.11 Å². The molecule has 0 saturated carbocycles. The Morgan fingerprint density at radius 2 is 2.00 bits per heavy atom. The number of ether oxygens (including phenoxy) is 1. The van der Waals surface area contributed by atoms with Crippen LogP contribution in [-0.2, 0) is 0 Å². The van der Waals surface area contributed by atoms with E-state index < -0.39 is 23.3 Å². The summed E-state index contributed by atoms with van der Waals surface area (Å²) >= 11 is 0. The Morgan fingerprint density at radius 3 is 2.58 bits per heavy atom. The number of hydrogen-bond donors (Lipinski definition) is 2. The van der Waals surface area contributed by atoms with Gasteiger partial charge in [-0.1, -0.05) is 11.3 Å². The first-order valence-corrected chi connectivity index (χ1v) is 5.11. The van der Waals surface area contributed by atoms with Crippen LogP contribution in [0.4, 0.5) is 0 Å². The molecule has 2 aromatic rings. The van der Waals surface area contributed by atoms with E-state index >= 15 is 0 Å². The fraction of sp³-hybridized carbons (Fsp3) is 0.0909. The van der Waals surface area contributed by atoms with Gasteiger partial charge in [-0.05, 0) is 12.1 Å². The van der Waals surface area contributed by atoms with E-state index in [0.29, 0.717) is 11.4 Å². The molecule has 8 heteroatoms. The fourth-order valence-electron chi connectivity index (χ4n) is 1.54. The number of benzene rings is 1. The summed E-state index contributed by atoms with van der Waals surface area (Å²) in [6.07, 6.45) is 0. The third-order valence-corrected chi connectivity index (χ3v) is 2.37. The predicted molar refractivity (Wildman–Crippen MR) is 61.8 cm³/mol. The Balaban J connectivity index is 2.62. The van der Waals surface area contributed by atoms with Crippen molar-refractivity contribution in [1.29, 1.82) is 0 Å². The Bertz CT molecular complexity index is 650. The summed E-state index contributed by atoms with van der Waals surface area (Å²) in [5.41, 5.74) is -0.784. The van der Waals surface area contributed by atoms with Crippen LogP contribution in [0, 0.1) is 0 Å². The monoisotopic (exact) mass is 263 g/mol. The maximum Gasteiger partial charge on any atom is 0.359 e. The van der Waals surface area contributed by atoms with E-state index in [1.54, 1.807) is 18.2 Å². The average Bonchev–Trinajstić information content (AvgIpc) is 2.83. The molecule has 0 unspecified atom stereocenters. The first-order valence-electron chi connectivity index (χ1n) is 5.11. The number of aromatic carboxylic acids is 2. The van der Waals surface area contributed by atoms with E-state index in [1.165, 1.54) is 13.2 Å². The molecule has 0 radical (unpaired) electrons. The second-order valence-corrected chi connectivity index (χ2v) is 3.51. The van der Waals surface area contributed by atoms with Crippen molar-refractivity contribution in [1.82, 2.24) is 15.0 Å². The number of carbonyl (C=O) groups is 2. The lowest BCUT2D eigenvalue weighted by molar-refractivity contribution is 0.0642. The van der Waals surface area contributed by atoms with Gasteiger partial charge in [0.05, 0.1) is 12.8 Å². The van der Waals surface area contributed by atoms with Gasteiger partial charge in [0, 0.05) is 6.07 Å². The molecule has 1 heterocycles. The molecule has 1 aromatic carbocycles. The molecule has 0 spiro atoms. The summed E-state index contributed by atoms with van der Waals surface area (Å²) in [6, 6.07) is 6.38. The van der Waals surface area contributed by atoms with E-state index in [9.17, 15) is 9.59 Å². The van der Waals surface area contributed by atoms with Crippen LogP contribution in [0.2, 0.25) is 0 Å². The van der Waals surface area contributed by atoms with Gasteiger partial charge in [-0.2, -0.15) is 0 Å². The van der Waals surface area contributed by atoms with E-state index in [0.717, 1.165) is 4.68 Å². The van der Waals surface area contributed by atoms with Gasteiger partial charge in [0.2, 0.25) is 5.69 Å². The highest BCUT2D eigenvalue weighted by Crippen LogP contribution is 2.18. The molecule has 0 bridgehead atoms. The van der Waals surface area contributed by atoms with Crippen LogP contribution < -0.4 is 4.74 Å². The highest BCUT2D eigenvalue weighted by molar-refractivity contribution is 5.99. The lowest BCUT2D eigenvalue weighted by atomic mass is 10.2. The summed E-state index contributed by atoms with van der Waals surface area (Å²) in [5, 5.41) is 24.9. The van der Waals surface area contributed by atoms with Gasteiger partial charge in [0.1, 0.15) is 5.75 Å². The molecule has 0 amide bonds. The minimum Gasteiger partial charge on any atom is -0.497 e. The summed E-state index contributed by atoms with van der Waals surface area (Å²) in [5.74, 6) is -2.39. The van der Waals surface area contributed by atoms with E-state index in [2.05, 4.69) is 10.3 Å². The molecule has 8 nitrogen and oxygen atoms in total.